The van der Waals surface area contributed by atoms with Crippen molar-refractivity contribution in [1.29, 1.82) is 0 Å². The molecule has 0 radical (unpaired) electrons. The van der Waals surface area contributed by atoms with E-state index in [1.807, 2.05) is 0 Å². The number of allylic oxidation sites excluding steroid dienone is 2. The Kier molecular flexibility index (Phi) is 2.68. The SMILES string of the molecule is C/C=C/CCc1cc2ccccc2[nH]1. The third kappa shape index (κ3) is 1.87. The molecule has 0 aliphatic rings. The average molecular weight is 185 g/mol. The number of benzene rings is 1. The van der Waals surface area contributed by atoms with Gasteiger partial charge in [0.15, 0.2) is 0 Å². The summed E-state index contributed by atoms with van der Waals surface area (Å²) in [4.78, 5) is 3.42. The van der Waals surface area contributed by atoms with Crippen molar-refractivity contribution >= 4 is 10.9 Å². The number of rotatable bonds is 3. The lowest BCUT2D eigenvalue weighted by molar-refractivity contribution is 0.963. The fourth-order valence-corrected chi connectivity index (χ4v) is 1.67. The van der Waals surface area contributed by atoms with E-state index in [9.17, 15) is 0 Å². The maximum atomic E-state index is 3.42. The van der Waals surface area contributed by atoms with Crippen LogP contribution in [0.5, 0.6) is 0 Å². The molecule has 2 rings (SSSR count). The Morgan fingerprint density at radius 1 is 1.29 bits per heavy atom. The standard InChI is InChI=1S/C13H15N/c1-2-3-4-8-12-10-11-7-5-6-9-13(11)14-12/h2-3,5-7,9-10,14H,4,8H2,1H3/b3-2+. The highest BCUT2D eigenvalue weighted by Gasteiger charge is 1.97. The summed E-state index contributed by atoms with van der Waals surface area (Å²) in [5.41, 5.74) is 2.56. The largest absolute Gasteiger partial charge is 0.358 e. The molecule has 0 aliphatic carbocycles. The van der Waals surface area contributed by atoms with Gasteiger partial charge in [0.2, 0.25) is 0 Å². The van der Waals surface area contributed by atoms with Crippen molar-refractivity contribution in [3.8, 4) is 0 Å². The van der Waals surface area contributed by atoms with Crippen LogP contribution in [0.1, 0.15) is 19.0 Å². The maximum absolute atomic E-state index is 3.42. The second-order valence-electron chi connectivity index (χ2n) is 3.49. The predicted molar refractivity (Wildman–Crippen MR) is 61.4 cm³/mol. The lowest BCUT2D eigenvalue weighted by Crippen LogP contribution is -1.81. The van der Waals surface area contributed by atoms with Gasteiger partial charge in [0.25, 0.3) is 0 Å². The second kappa shape index (κ2) is 4.14. The molecule has 1 heterocycles. The van der Waals surface area contributed by atoms with Crippen molar-refractivity contribution < 1.29 is 0 Å². The van der Waals surface area contributed by atoms with Gasteiger partial charge in [0.05, 0.1) is 0 Å². The zero-order valence-corrected chi connectivity index (χ0v) is 8.46. The van der Waals surface area contributed by atoms with E-state index in [0.29, 0.717) is 0 Å². The Balaban J connectivity index is 2.18. The molecule has 1 aromatic heterocycles. The first kappa shape index (κ1) is 9.07. The van der Waals surface area contributed by atoms with Gasteiger partial charge in [-0.25, -0.2) is 0 Å². The van der Waals surface area contributed by atoms with Crippen molar-refractivity contribution in [1.82, 2.24) is 4.98 Å². The van der Waals surface area contributed by atoms with Gasteiger partial charge in [-0.15, -0.1) is 0 Å². The molecule has 0 saturated heterocycles. The van der Waals surface area contributed by atoms with Crippen molar-refractivity contribution in [3.63, 3.8) is 0 Å². The number of nitrogens with one attached hydrogen (secondary N) is 1. The summed E-state index contributed by atoms with van der Waals surface area (Å²) in [6.45, 7) is 2.06. The monoisotopic (exact) mass is 185 g/mol. The Hall–Kier alpha value is -1.50. The minimum Gasteiger partial charge on any atom is -0.358 e. The van der Waals surface area contributed by atoms with Crippen molar-refractivity contribution in [2.45, 2.75) is 19.8 Å². The molecule has 1 aromatic carbocycles. The quantitative estimate of drug-likeness (QED) is 0.702. The van der Waals surface area contributed by atoms with Crippen LogP contribution in [0.15, 0.2) is 42.5 Å². The number of para-hydroxylation sites is 1. The molecule has 0 aliphatic heterocycles. The van der Waals surface area contributed by atoms with E-state index in [2.05, 4.69) is 54.4 Å². The zero-order chi connectivity index (χ0) is 9.80. The molecule has 0 atom stereocenters. The average Bonchev–Trinajstić information content (AvgIpc) is 2.60. The molecule has 1 nitrogen and oxygen atoms in total. The van der Waals surface area contributed by atoms with Crippen LogP contribution in [0.2, 0.25) is 0 Å². The van der Waals surface area contributed by atoms with E-state index in [1.165, 1.54) is 16.6 Å². The number of aromatic nitrogens is 1. The molecule has 0 fully saturated rings. The molecule has 2 aromatic rings. The Morgan fingerprint density at radius 2 is 2.14 bits per heavy atom. The fraction of sp³-hybridized carbons (Fsp3) is 0.231. The molecule has 1 N–H and O–H groups in total. The summed E-state index contributed by atoms with van der Waals surface area (Å²) in [6, 6.07) is 10.6. The van der Waals surface area contributed by atoms with Crippen LogP contribution in [0.25, 0.3) is 10.9 Å². The van der Waals surface area contributed by atoms with Crippen molar-refractivity contribution in [2.75, 3.05) is 0 Å². The van der Waals surface area contributed by atoms with Gasteiger partial charge in [-0.05, 0) is 37.3 Å². The summed E-state index contributed by atoms with van der Waals surface area (Å²) in [5.74, 6) is 0. The van der Waals surface area contributed by atoms with Crippen molar-refractivity contribution in [2.24, 2.45) is 0 Å². The molecule has 1 heteroatoms. The first-order valence-corrected chi connectivity index (χ1v) is 5.08. The molecular weight excluding hydrogens is 170 g/mol. The molecule has 0 unspecified atom stereocenters. The van der Waals surface area contributed by atoms with E-state index >= 15 is 0 Å². The smallest absolute Gasteiger partial charge is 0.0456 e. The van der Waals surface area contributed by atoms with E-state index in [-0.39, 0.29) is 0 Å². The van der Waals surface area contributed by atoms with Gasteiger partial charge >= 0.3 is 0 Å². The summed E-state index contributed by atoms with van der Waals surface area (Å²) in [7, 11) is 0. The minimum absolute atomic E-state index is 1.10. The number of H-pyrrole nitrogens is 1. The van der Waals surface area contributed by atoms with E-state index in [1.54, 1.807) is 0 Å². The van der Waals surface area contributed by atoms with Gasteiger partial charge in [0, 0.05) is 11.2 Å². The lowest BCUT2D eigenvalue weighted by Gasteiger charge is -1.90. The first-order valence-electron chi connectivity index (χ1n) is 5.08. The predicted octanol–water partition coefficient (Wildman–Crippen LogP) is 3.68. The van der Waals surface area contributed by atoms with Gasteiger partial charge in [-0.3, -0.25) is 0 Å². The van der Waals surface area contributed by atoms with Crippen LogP contribution < -0.4 is 0 Å². The fourth-order valence-electron chi connectivity index (χ4n) is 1.67. The molecular formula is C13H15N. The summed E-state index contributed by atoms with van der Waals surface area (Å²) in [5, 5.41) is 1.31. The number of hydrogen-bond donors (Lipinski definition) is 1. The summed E-state index contributed by atoms with van der Waals surface area (Å²) < 4.78 is 0. The number of aromatic amines is 1. The number of hydrogen-bond acceptors (Lipinski definition) is 0. The van der Waals surface area contributed by atoms with E-state index in [0.717, 1.165) is 12.8 Å². The van der Waals surface area contributed by atoms with Crippen LogP contribution in [-0.4, -0.2) is 4.98 Å². The van der Waals surface area contributed by atoms with Gasteiger partial charge in [0.1, 0.15) is 0 Å². The number of aryl methyl sites for hydroxylation is 1. The highest BCUT2D eigenvalue weighted by atomic mass is 14.7. The zero-order valence-electron chi connectivity index (χ0n) is 8.46. The third-order valence-corrected chi connectivity index (χ3v) is 2.40. The number of fused-ring (bicyclic) bond motifs is 1. The molecule has 0 spiro atoms. The molecule has 14 heavy (non-hydrogen) atoms. The molecule has 0 saturated carbocycles. The highest BCUT2D eigenvalue weighted by molar-refractivity contribution is 5.80. The normalized spacial score (nSPS) is 11.5. The molecule has 72 valence electrons. The van der Waals surface area contributed by atoms with Gasteiger partial charge in [-0.1, -0.05) is 30.4 Å². The molecule has 0 bridgehead atoms. The topological polar surface area (TPSA) is 15.8 Å². The molecule has 0 amide bonds. The van der Waals surface area contributed by atoms with Gasteiger partial charge in [-0.2, -0.15) is 0 Å². The van der Waals surface area contributed by atoms with Crippen LogP contribution in [0.3, 0.4) is 0 Å². The van der Waals surface area contributed by atoms with Crippen LogP contribution in [0.4, 0.5) is 0 Å². The highest BCUT2D eigenvalue weighted by Crippen LogP contribution is 2.15. The van der Waals surface area contributed by atoms with Crippen molar-refractivity contribution in [3.05, 3.63) is 48.2 Å². The Labute approximate surface area is 84.5 Å². The first-order chi connectivity index (χ1) is 6.90. The minimum atomic E-state index is 1.10. The van der Waals surface area contributed by atoms with Crippen LogP contribution >= 0.6 is 0 Å². The van der Waals surface area contributed by atoms with Crippen LogP contribution in [-0.2, 0) is 6.42 Å². The van der Waals surface area contributed by atoms with E-state index < -0.39 is 0 Å². The van der Waals surface area contributed by atoms with Gasteiger partial charge < -0.3 is 4.98 Å². The third-order valence-electron chi connectivity index (χ3n) is 2.40. The summed E-state index contributed by atoms with van der Waals surface area (Å²) >= 11 is 0. The maximum Gasteiger partial charge on any atom is 0.0456 e. The van der Waals surface area contributed by atoms with Crippen LogP contribution in [0, 0.1) is 0 Å². The summed E-state index contributed by atoms with van der Waals surface area (Å²) in [6.07, 6.45) is 6.51. The Morgan fingerprint density at radius 3 is 2.93 bits per heavy atom. The second-order valence-corrected chi connectivity index (χ2v) is 3.49. The van der Waals surface area contributed by atoms with E-state index in [4.69, 9.17) is 0 Å². The Bertz CT molecular complexity index is 404. The lowest BCUT2D eigenvalue weighted by atomic mass is 10.2.